The summed E-state index contributed by atoms with van der Waals surface area (Å²) in [7, 11) is 1.66. The first-order valence-corrected chi connectivity index (χ1v) is 9.66. The third kappa shape index (κ3) is 4.80. The Kier molecular flexibility index (Phi) is 6.85. The van der Waals surface area contributed by atoms with Gasteiger partial charge in [0.25, 0.3) is 0 Å². The number of methoxy groups -OCH3 is 1. The van der Waals surface area contributed by atoms with Crippen molar-refractivity contribution in [3.05, 3.63) is 77.4 Å². The normalized spacial score (nSPS) is 10.9. The molecule has 3 aromatic rings. The molecule has 0 unspecified atom stereocenters. The van der Waals surface area contributed by atoms with Crippen molar-refractivity contribution >= 4 is 0 Å². The number of hydrogen-bond acceptors (Lipinski definition) is 3. The van der Waals surface area contributed by atoms with Crippen LogP contribution in [0.3, 0.4) is 0 Å². The van der Waals surface area contributed by atoms with E-state index in [9.17, 15) is 5.11 Å². The first-order valence-electron chi connectivity index (χ1n) is 9.66. The SMILES string of the molecule is COCCOc1cc(CCO)ccc1-c1ccc(-c2ccc(C)cc2C)cc1. The van der Waals surface area contributed by atoms with Crippen LogP contribution in [0.4, 0.5) is 0 Å². The summed E-state index contributed by atoms with van der Waals surface area (Å²) in [4.78, 5) is 0. The second kappa shape index (κ2) is 9.54. The van der Waals surface area contributed by atoms with Crippen LogP contribution >= 0.6 is 0 Å². The Balaban J connectivity index is 1.91. The molecule has 0 spiro atoms. The summed E-state index contributed by atoms with van der Waals surface area (Å²) in [5.74, 6) is 0.822. The van der Waals surface area contributed by atoms with E-state index >= 15 is 0 Å². The summed E-state index contributed by atoms with van der Waals surface area (Å²) in [6, 6.07) is 21.3. The number of aliphatic hydroxyl groups is 1. The molecule has 0 fully saturated rings. The van der Waals surface area contributed by atoms with Gasteiger partial charge in [-0.2, -0.15) is 0 Å². The Labute approximate surface area is 167 Å². The lowest BCUT2D eigenvalue weighted by Crippen LogP contribution is -2.05. The average Bonchev–Trinajstić information content (AvgIpc) is 2.69. The minimum Gasteiger partial charge on any atom is -0.491 e. The minimum absolute atomic E-state index is 0.126. The van der Waals surface area contributed by atoms with Crippen LogP contribution in [-0.2, 0) is 11.2 Å². The fourth-order valence-electron chi connectivity index (χ4n) is 3.41. The van der Waals surface area contributed by atoms with Crippen LogP contribution in [0.1, 0.15) is 16.7 Å². The maximum absolute atomic E-state index is 9.23. The highest BCUT2D eigenvalue weighted by atomic mass is 16.5. The van der Waals surface area contributed by atoms with Crippen molar-refractivity contribution in [1.82, 2.24) is 0 Å². The molecule has 0 saturated carbocycles. The number of hydrogen-bond donors (Lipinski definition) is 1. The molecule has 3 heteroatoms. The molecule has 3 nitrogen and oxygen atoms in total. The maximum atomic E-state index is 9.23. The molecule has 3 aromatic carbocycles. The predicted octanol–water partition coefficient (Wildman–Crippen LogP) is 5.20. The number of rotatable bonds is 8. The van der Waals surface area contributed by atoms with E-state index in [1.807, 2.05) is 12.1 Å². The molecule has 0 heterocycles. The van der Waals surface area contributed by atoms with E-state index in [1.165, 1.54) is 22.3 Å². The molecule has 0 atom stereocenters. The lowest BCUT2D eigenvalue weighted by Gasteiger charge is -2.14. The van der Waals surface area contributed by atoms with E-state index in [2.05, 4.69) is 62.4 Å². The highest BCUT2D eigenvalue weighted by Crippen LogP contribution is 2.33. The molecule has 146 valence electrons. The fourth-order valence-corrected chi connectivity index (χ4v) is 3.41. The first kappa shape index (κ1) is 20.1. The molecule has 1 N–H and O–H groups in total. The fraction of sp³-hybridized carbons (Fsp3) is 0.280. The lowest BCUT2D eigenvalue weighted by atomic mass is 9.95. The molecule has 0 saturated heterocycles. The van der Waals surface area contributed by atoms with Crippen molar-refractivity contribution in [3.63, 3.8) is 0 Å². The summed E-state index contributed by atoms with van der Waals surface area (Å²) in [6.45, 7) is 5.42. The Hall–Kier alpha value is -2.62. The van der Waals surface area contributed by atoms with Crippen LogP contribution in [0.2, 0.25) is 0 Å². The molecular formula is C25H28O3. The van der Waals surface area contributed by atoms with Gasteiger partial charge in [-0.1, -0.05) is 60.2 Å². The molecule has 0 aliphatic rings. The lowest BCUT2D eigenvalue weighted by molar-refractivity contribution is 0.146. The van der Waals surface area contributed by atoms with Crippen LogP contribution in [0.15, 0.2) is 60.7 Å². The Bertz CT molecular complexity index is 914. The van der Waals surface area contributed by atoms with Crippen molar-refractivity contribution in [2.75, 3.05) is 26.9 Å². The van der Waals surface area contributed by atoms with E-state index in [-0.39, 0.29) is 6.61 Å². The van der Waals surface area contributed by atoms with E-state index in [4.69, 9.17) is 9.47 Å². The van der Waals surface area contributed by atoms with Gasteiger partial charge < -0.3 is 14.6 Å². The minimum atomic E-state index is 0.126. The number of benzene rings is 3. The third-order valence-electron chi connectivity index (χ3n) is 4.88. The van der Waals surface area contributed by atoms with Crippen LogP contribution < -0.4 is 4.74 Å². The van der Waals surface area contributed by atoms with Crippen molar-refractivity contribution in [2.45, 2.75) is 20.3 Å². The molecular weight excluding hydrogens is 348 g/mol. The largest absolute Gasteiger partial charge is 0.491 e. The smallest absolute Gasteiger partial charge is 0.127 e. The molecule has 0 aliphatic carbocycles. The van der Waals surface area contributed by atoms with Gasteiger partial charge in [0, 0.05) is 19.3 Å². The molecule has 0 amide bonds. The average molecular weight is 376 g/mol. The van der Waals surface area contributed by atoms with E-state index in [0.717, 1.165) is 22.4 Å². The highest BCUT2D eigenvalue weighted by Gasteiger charge is 2.09. The monoisotopic (exact) mass is 376 g/mol. The Morgan fingerprint density at radius 3 is 2.11 bits per heavy atom. The number of ether oxygens (including phenoxy) is 2. The van der Waals surface area contributed by atoms with E-state index in [1.54, 1.807) is 7.11 Å². The molecule has 0 bridgehead atoms. The second-order valence-corrected chi connectivity index (χ2v) is 7.04. The Morgan fingerprint density at radius 1 is 0.786 bits per heavy atom. The van der Waals surface area contributed by atoms with Crippen LogP contribution in [0.5, 0.6) is 5.75 Å². The number of aryl methyl sites for hydroxylation is 2. The zero-order valence-corrected chi connectivity index (χ0v) is 16.9. The van der Waals surface area contributed by atoms with Crippen molar-refractivity contribution in [3.8, 4) is 28.0 Å². The zero-order chi connectivity index (χ0) is 19.9. The van der Waals surface area contributed by atoms with Gasteiger partial charge in [0.05, 0.1) is 6.61 Å². The van der Waals surface area contributed by atoms with Gasteiger partial charge in [-0.25, -0.2) is 0 Å². The third-order valence-corrected chi connectivity index (χ3v) is 4.88. The van der Waals surface area contributed by atoms with Gasteiger partial charge in [-0.05, 0) is 54.2 Å². The summed E-state index contributed by atoms with van der Waals surface area (Å²) in [5.41, 5.74) is 8.24. The van der Waals surface area contributed by atoms with Crippen molar-refractivity contribution < 1.29 is 14.6 Å². The van der Waals surface area contributed by atoms with Gasteiger partial charge in [0.1, 0.15) is 12.4 Å². The molecule has 0 aliphatic heterocycles. The topological polar surface area (TPSA) is 38.7 Å². The molecule has 0 aromatic heterocycles. The molecule has 3 rings (SSSR count). The molecule has 0 radical (unpaired) electrons. The predicted molar refractivity (Wildman–Crippen MR) is 115 cm³/mol. The van der Waals surface area contributed by atoms with Gasteiger partial charge in [-0.15, -0.1) is 0 Å². The van der Waals surface area contributed by atoms with Gasteiger partial charge in [-0.3, -0.25) is 0 Å². The summed E-state index contributed by atoms with van der Waals surface area (Å²) < 4.78 is 11.1. The Morgan fingerprint density at radius 2 is 1.46 bits per heavy atom. The summed E-state index contributed by atoms with van der Waals surface area (Å²) in [6.07, 6.45) is 0.618. The van der Waals surface area contributed by atoms with Crippen molar-refractivity contribution in [1.29, 1.82) is 0 Å². The number of aliphatic hydroxyl groups excluding tert-OH is 1. The van der Waals surface area contributed by atoms with Gasteiger partial charge in [0.15, 0.2) is 0 Å². The van der Waals surface area contributed by atoms with E-state index < -0.39 is 0 Å². The maximum Gasteiger partial charge on any atom is 0.127 e. The van der Waals surface area contributed by atoms with Gasteiger partial charge in [0.2, 0.25) is 0 Å². The standard InChI is InChI=1S/C25H28O3/c1-18-4-10-23(19(2)16-18)21-6-8-22(9-7-21)24-11-5-20(12-13-26)17-25(24)28-15-14-27-3/h4-11,16-17,26H,12-15H2,1-3H3. The van der Waals surface area contributed by atoms with Gasteiger partial charge >= 0.3 is 0 Å². The first-order chi connectivity index (χ1) is 13.6. The van der Waals surface area contributed by atoms with Crippen molar-refractivity contribution in [2.24, 2.45) is 0 Å². The summed E-state index contributed by atoms with van der Waals surface area (Å²) in [5, 5.41) is 9.23. The van der Waals surface area contributed by atoms with E-state index in [0.29, 0.717) is 19.6 Å². The zero-order valence-electron chi connectivity index (χ0n) is 16.9. The summed E-state index contributed by atoms with van der Waals surface area (Å²) >= 11 is 0. The highest BCUT2D eigenvalue weighted by molar-refractivity contribution is 5.75. The quantitative estimate of drug-likeness (QED) is 0.549. The van der Waals surface area contributed by atoms with Crippen LogP contribution in [0.25, 0.3) is 22.3 Å². The second-order valence-electron chi connectivity index (χ2n) is 7.04. The van der Waals surface area contributed by atoms with Crippen LogP contribution in [-0.4, -0.2) is 32.0 Å². The molecule has 28 heavy (non-hydrogen) atoms. The van der Waals surface area contributed by atoms with Crippen LogP contribution in [0, 0.1) is 13.8 Å².